The number of nitrogens with zero attached hydrogens (tertiary/aromatic N) is 3. The second kappa shape index (κ2) is 7.55. The first-order valence-electron chi connectivity index (χ1n) is 9.88. The van der Waals surface area contributed by atoms with E-state index in [0.29, 0.717) is 6.42 Å². The molecule has 1 aliphatic heterocycles. The van der Waals surface area contributed by atoms with Crippen molar-refractivity contribution in [1.82, 2.24) is 9.88 Å². The summed E-state index contributed by atoms with van der Waals surface area (Å²) < 4.78 is 1.28. The molecule has 0 radical (unpaired) electrons. The van der Waals surface area contributed by atoms with Crippen LogP contribution in [0.25, 0.3) is 10.2 Å². The quantitative estimate of drug-likeness (QED) is 0.661. The molecule has 0 atom stereocenters. The lowest BCUT2D eigenvalue weighted by Gasteiger charge is -2.34. The molecule has 1 fully saturated rings. The van der Waals surface area contributed by atoms with Gasteiger partial charge in [0, 0.05) is 26.2 Å². The van der Waals surface area contributed by atoms with Crippen molar-refractivity contribution in [2.75, 3.05) is 31.1 Å². The Morgan fingerprint density at radius 1 is 0.964 bits per heavy atom. The highest BCUT2D eigenvalue weighted by molar-refractivity contribution is 7.22. The Morgan fingerprint density at radius 2 is 1.68 bits per heavy atom. The molecule has 0 unspecified atom stereocenters. The number of aryl methyl sites for hydroxylation is 4. The molecule has 4 rings (SSSR count). The monoisotopic (exact) mass is 393 g/mol. The van der Waals surface area contributed by atoms with Crippen LogP contribution in [-0.2, 0) is 11.2 Å². The van der Waals surface area contributed by atoms with Gasteiger partial charge in [0.1, 0.15) is 0 Å². The lowest BCUT2D eigenvalue weighted by molar-refractivity contribution is -0.130. The predicted molar refractivity (Wildman–Crippen MR) is 118 cm³/mol. The van der Waals surface area contributed by atoms with Crippen LogP contribution in [0.5, 0.6) is 0 Å². The number of hydrogen-bond acceptors (Lipinski definition) is 4. The second-order valence-electron chi connectivity index (χ2n) is 7.85. The number of rotatable bonds is 3. The molecule has 146 valence electrons. The van der Waals surface area contributed by atoms with Gasteiger partial charge in [0.05, 0.1) is 16.6 Å². The Morgan fingerprint density at radius 3 is 2.36 bits per heavy atom. The van der Waals surface area contributed by atoms with Gasteiger partial charge in [-0.15, -0.1) is 0 Å². The number of benzene rings is 2. The van der Waals surface area contributed by atoms with Crippen molar-refractivity contribution in [2.45, 2.75) is 34.1 Å². The first-order valence-corrected chi connectivity index (χ1v) is 10.7. The van der Waals surface area contributed by atoms with E-state index in [1.165, 1.54) is 27.0 Å². The van der Waals surface area contributed by atoms with Crippen molar-refractivity contribution < 1.29 is 4.79 Å². The van der Waals surface area contributed by atoms with Crippen LogP contribution >= 0.6 is 11.3 Å². The molecule has 1 aliphatic rings. The minimum atomic E-state index is 0.225. The number of thiazole rings is 1. The van der Waals surface area contributed by atoms with Gasteiger partial charge in [-0.25, -0.2) is 4.98 Å². The second-order valence-corrected chi connectivity index (χ2v) is 8.83. The van der Waals surface area contributed by atoms with Crippen LogP contribution in [0.15, 0.2) is 30.3 Å². The van der Waals surface area contributed by atoms with E-state index < -0.39 is 0 Å². The first-order chi connectivity index (χ1) is 13.4. The Balaban J connectivity index is 1.42. The van der Waals surface area contributed by atoms with Gasteiger partial charge in [0.2, 0.25) is 5.91 Å². The van der Waals surface area contributed by atoms with Crippen LogP contribution in [-0.4, -0.2) is 42.0 Å². The molecule has 0 saturated carbocycles. The summed E-state index contributed by atoms with van der Waals surface area (Å²) in [5.74, 6) is 0.225. The van der Waals surface area contributed by atoms with Gasteiger partial charge in [0.15, 0.2) is 5.13 Å². The van der Waals surface area contributed by atoms with E-state index in [1.807, 2.05) is 4.90 Å². The van der Waals surface area contributed by atoms with E-state index >= 15 is 0 Å². The van der Waals surface area contributed by atoms with Gasteiger partial charge in [-0.1, -0.05) is 47.2 Å². The number of fused-ring (bicyclic) bond motifs is 1. The van der Waals surface area contributed by atoms with Crippen LogP contribution < -0.4 is 4.90 Å². The molecular formula is C23H27N3OS. The molecule has 0 spiro atoms. The number of anilines is 1. The Bertz CT molecular complexity index is 993. The van der Waals surface area contributed by atoms with E-state index in [1.54, 1.807) is 11.3 Å². The summed E-state index contributed by atoms with van der Waals surface area (Å²) >= 11 is 1.77. The molecule has 1 saturated heterocycles. The molecule has 3 aromatic rings. The molecular weight excluding hydrogens is 366 g/mol. The summed E-state index contributed by atoms with van der Waals surface area (Å²) in [5, 5.41) is 1.08. The molecule has 0 N–H and O–H groups in total. The number of carbonyl (C=O) groups excluding carboxylic acids is 1. The highest BCUT2D eigenvalue weighted by atomic mass is 32.1. The van der Waals surface area contributed by atoms with Crippen LogP contribution in [0.1, 0.15) is 27.8 Å². The third-order valence-electron chi connectivity index (χ3n) is 5.67. The lowest BCUT2D eigenvalue weighted by Crippen LogP contribution is -2.49. The zero-order valence-electron chi connectivity index (χ0n) is 17.1. The molecule has 1 amide bonds. The summed E-state index contributed by atoms with van der Waals surface area (Å²) in [6, 6.07) is 10.6. The largest absolute Gasteiger partial charge is 0.345 e. The van der Waals surface area contributed by atoms with E-state index in [4.69, 9.17) is 4.98 Å². The van der Waals surface area contributed by atoms with Crippen LogP contribution in [0, 0.1) is 27.7 Å². The van der Waals surface area contributed by atoms with E-state index in [9.17, 15) is 4.79 Å². The minimum absolute atomic E-state index is 0.225. The molecule has 5 heteroatoms. The van der Waals surface area contributed by atoms with Gasteiger partial charge >= 0.3 is 0 Å². The average Bonchev–Trinajstić information content (AvgIpc) is 3.14. The summed E-state index contributed by atoms with van der Waals surface area (Å²) in [5.41, 5.74) is 7.20. The number of amides is 1. The number of carbonyl (C=O) groups is 1. The molecule has 1 aromatic heterocycles. The topological polar surface area (TPSA) is 36.4 Å². The number of hydrogen-bond donors (Lipinski definition) is 0. The number of piperazine rings is 1. The van der Waals surface area contributed by atoms with Crippen LogP contribution in [0.3, 0.4) is 0 Å². The van der Waals surface area contributed by atoms with Gasteiger partial charge in [-0.2, -0.15) is 0 Å². The highest BCUT2D eigenvalue weighted by Gasteiger charge is 2.24. The fraction of sp³-hybridized carbons (Fsp3) is 0.391. The highest BCUT2D eigenvalue weighted by Crippen LogP contribution is 2.33. The van der Waals surface area contributed by atoms with Crippen molar-refractivity contribution in [3.05, 3.63) is 58.1 Å². The van der Waals surface area contributed by atoms with Crippen LogP contribution in [0.4, 0.5) is 5.13 Å². The smallest absolute Gasteiger partial charge is 0.227 e. The lowest BCUT2D eigenvalue weighted by atomic mass is 10.0. The Kier molecular flexibility index (Phi) is 5.11. The van der Waals surface area contributed by atoms with Gasteiger partial charge in [0.25, 0.3) is 0 Å². The van der Waals surface area contributed by atoms with Crippen molar-refractivity contribution in [3.63, 3.8) is 0 Å². The number of aromatic nitrogens is 1. The van der Waals surface area contributed by atoms with E-state index in [2.05, 4.69) is 62.9 Å². The maximum Gasteiger partial charge on any atom is 0.227 e. The summed E-state index contributed by atoms with van der Waals surface area (Å²) in [6.45, 7) is 11.7. The van der Waals surface area contributed by atoms with Gasteiger partial charge in [-0.3, -0.25) is 4.79 Å². The van der Waals surface area contributed by atoms with Crippen molar-refractivity contribution >= 4 is 32.6 Å². The van der Waals surface area contributed by atoms with Crippen molar-refractivity contribution in [3.8, 4) is 0 Å². The van der Waals surface area contributed by atoms with Crippen molar-refractivity contribution in [1.29, 1.82) is 0 Å². The normalized spacial score (nSPS) is 14.7. The molecule has 28 heavy (non-hydrogen) atoms. The molecule has 0 bridgehead atoms. The van der Waals surface area contributed by atoms with Crippen molar-refractivity contribution in [2.24, 2.45) is 0 Å². The van der Waals surface area contributed by atoms with E-state index in [-0.39, 0.29) is 5.91 Å². The minimum Gasteiger partial charge on any atom is -0.345 e. The summed E-state index contributed by atoms with van der Waals surface area (Å²) in [4.78, 5) is 22.0. The molecule has 4 nitrogen and oxygen atoms in total. The molecule has 2 aromatic carbocycles. The summed E-state index contributed by atoms with van der Waals surface area (Å²) in [7, 11) is 0. The SMILES string of the molecule is Cc1ccc(CC(=O)N2CCN(c3nc4c(C)ccc(C)c4s3)CC2)c(C)c1. The first kappa shape index (κ1) is 18.9. The van der Waals surface area contributed by atoms with Gasteiger partial charge < -0.3 is 9.80 Å². The van der Waals surface area contributed by atoms with Gasteiger partial charge in [-0.05, 0) is 49.9 Å². The zero-order chi connectivity index (χ0) is 19.8. The fourth-order valence-corrected chi connectivity index (χ4v) is 5.01. The van der Waals surface area contributed by atoms with Crippen LogP contribution in [0.2, 0.25) is 0 Å². The average molecular weight is 394 g/mol. The third kappa shape index (κ3) is 3.63. The zero-order valence-corrected chi connectivity index (χ0v) is 17.9. The standard InChI is InChI=1S/C23H27N3OS/c1-15-5-8-19(18(4)13-15)14-20(27)25-9-11-26(12-10-25)23-24-21-16(2)6-7-17(3)22(21)28-23/h5-8,13H,9-12,14H2,1-4H3. The predicted octanol–water partition coefficient (Wildman–Crippen LogP) is 4.42. The third-order valence-corrected chi connectivity index (χ3v) is 6.93. The van der Waals surface area contributed by atoms with E-state index in [0.717, 1.165) is 42.4 Å². The molecule has 2 heterocycles. The fourth-order valence-electron chi connectivity index (χ4n) is 3.85. The summed E-state index contributed by atoms with van der Waals surface area (Å²) in [6.07, 6.45) is 0.492. The maximum atomic E-state index is 12.8. The Hall–Kier alpha value is -2.40. The molecule has 0 aliphatic carbocycles. The maximum absolute atomic E-state index is 12.8. The Labute approximate surface area is 170 Å².